The van der Waals surface area contributed by atoms with Crippen LogP contribution in [0.5, 0.6) is 5.75 Å². The Balaban J connectivity index is 1.79. The van der Waals surface area contributed by atoms with Crippen LogP contribution in [0.15, 0.2) is 48.3 Å². The van der Waals surface area contributed by atoms with Crippen LogP contribution in [-0.2, 0) is 9.53 Å². The summed E-state index contributed by atoms with van der Waals surface area (Å²) in [4.78, 5) is 50.4. The summed E-state index contributed by atoms with van der Waals surface area (Å²) >= 11 is 2.16. The molecule has 11 heteroatoms. The molecule has 1 aliphatic heterocycles. The van der Waals surface area contributed by atoms with E-state index in [1.54, 1.807) is 45.0 Å². The monoisotopic (exact) mass is 567 g/mol. The summed E-state index contributed by atoms with van der Waals surface area (Å²) in [5.41, 5.74) is 1.38. The molecule has 2 aromatic heterocycles. The number of amides is 1. The Morgan fingerprint density at radius 1 is 1.10 bits per heavy atom. The van der Waals surface area contributed by atoms with E-state index >= 15 is 0 Å². The Morgan fingerprint density at radius 2 is 1.79 bits per heavy atom. The molecule has 1 aromatic carbocycles. The molecule has 0 aliphatic carbocycles. The Hall–Kier alpha value is -3.83. The van der Waals surface area contributed by atoms with Crippen LogP contribution in [0.2, 0.25) is 0 Å². The fourth-order valence-corrected chi connectivity index (χ4v) is 6.03. The smallest absolute Gasteiger partial charge is 0.350 e. The van der Waals surface area contributed by atoms with E-state index in [2.05, 4.69) is 23.5 Å². The number of thiazole rings is 2. The average Bonchev–Trinajstić information content (AvgIpc) is 3.55. The molecule has 1 aliphatic rings. The van der Waals surface area contributed by atoms with E-state index in [1.807, 2.05) is 0 Å². The minimum Gasteiger partial charge on any atom is -0.503 e. The van der Waals surface area contributed by atoms with Gasteiger partial charge in [-0.05, 0) is 44.9 Å². The van der Waals surface area contributed by atoms with Crippen LogP contribution >= 0.6 is 22.7 Å². The molecular weight excluding hydrogens is 538 g/mol. The number of unbranched alkanes of at least 4 members (excludes halogenated alkanes) is 1. The van der Waals surface area contributed by atoms with Crippen molar-refractivity contribution in [3.05, 3.63) is 80.0 Å². The zero-order chi connectivity index (χ0) is 28.3. The third-order valence-electron chi connectivity index (χ3n) is 6.03. The Labute approximate surface area is 234 Å². The molecule has 1 N–H and O–H groups in total. The van der Waals surface area contributed by atoms with Gasteiger partial charge in [0.05, 0.1) is 39.5 Å². The number of hydrogen-bond donors (Lipinski definition) is 1. The van der Waals surface area contributed by atoms with E-state index in [-0.39, 0.29) is 22.2 Å². The predicted molar refractivity (Wildman–Crippen MR) is 150 cm³/mol. The number of aromatic nitrogens is 2. The molecule has 1 atom stereocenters. The van der Waals surface area contributed by atoms with Crippen LogP contribution in [-0.4, -0.2) is 45.9 Å². The maximum atomic E-state index is 13.8. The maximum Gasteiger partial charge on any atom is 0.350 e. The number of hydrogen-bond acceptors (Lipinski definition) is 10. The van der Waals surface area contributed by atoms with Gasteiger partial charge in [0.2, 0.25) is 5.78 Å². The fraction of sp³-hybridized carbons (Fsp3) is 0.321. The number of rotatable bonds is 11. The van der Waals surface area contributed by atoms with Crippen molar-refractivity contribution < 1.29 is 29.0 Å². The first-order valence-corrected chi connectivity index (χ1v) is 14.0. The summed E-state index contributed by atoms with van der Waals surface area (Å²) in [6, 6.07) is 6.04. The second-order valence-electron chi connectivity index (χ2n) is 8.89. The molecule has 0 spiro atoms. The highest BCUT2D eigenvalue weighted by molar-refractivity contribution is 7.17. The number of aliphatic hydroxyl groups excluding tert-OH is 1. The van der Waals surface area contributed by atoms with Gasteiger partial charge >= 0.3 is 5.97 Å². The third-order valence-corrected chi connectivity index (χ3v) is 8.24. The quantitative estimate of drug-likeness (QED) is 0.133. The molecule has 4 rings (SSSR count). The van der Waals surface area contributed by atoms with Gasteiger partial charge in [-0.2, -0.15) is 0 Å². The second kappa shape index (κ2) is 11.9. The minimum absolute atomic E-state index is 0.0259. The molecule has 0 saturated carbocycles. The van der Waals surface area contributed by atoms with Gasteiger partial charge < -0.3 is 14.6 Å². The molecule has 0 radical (unpaired) electrons. The van der Waals surface area contributed by atoms with Gasteiger partial charge in [-0.3, -0.25) is 14.5 Å². The first-order valence-electron chi connectivity index (χ1n) is 12.4. The van der Waals surface area contributed by atoms with Crippen LogP contribution in [0.4, 0.5) is 5.13 Å². The van der Waals surface area contributed by atoms with Gasteiger partial charge in [0.25, 0.3) is 5.91 Å². The third kappa shape index (κ3) is 5.64. The maximum absolute atomic E-state index is 13.8. The molecule has 3 heterocycles. The lowest BCUT2D eigenvalue weighted by Gasteiger charge is -2.24. The number of anilines is 1. The predicted octanol–water partition coefficient (Wildman–Crippen LogP) is 5.83. The highest BCUT2D eigenvalue weighted by Crippen LogP contribution is 2.44. The number of ether oxygens (including phenoxy) is 2. The molecular formula is C28H29N3O6S2. The fourth-order valence-electron chi connectivity index (χ4n) is 4.17. The zero-order valence-electron chi connectivity index (χ0n) is 22.1. The van der Waals surface area contributed by atoms with E-state index in [9.17, 15) is 19.5 Å². The number of nitrogens with zero attached hydrogens (tertiary/aromatic N) is 3. The first kappa shape index (κ1) is 28.2. The van der Waals surface area contributed by atoms with Crippen molar-refractivity contribution in [3.8, 4) is 5.75 Å². The number of carbonyl (C=O) groups excluding carboxylic acids is 3. The molecule has 204 valence electrons. The summed E-state index contributed by atoms with van der Waals surface area (Å²) in [7, 11) is 0. The van der Waals surface area contributed by atoms with Gasteiger partial charge in [-0.1, -0.05) is 49.5 Å². The number of benzene rings is 1. The molecule has 9 nitrogen and oxygen atoms in total. The van der Waals surface area contributed by atoms with Crippen molar-refractivity contribution in [1.82, 2.24) is 9.97 Å². The number of carbonyl (C=O) groups is 3. The van der Waals surface area contributed by atoms with E-state index in [1.165, 1.54) is 22.3 Å². The summed E-state index contributed by atoms with van der Waals surface area (Å²) in [5, 5.41) is 11.9. The molecule has 0 bridgehead atoms. The topological polar surface area (TPSA) is 119 Å². The number of esters is 1. The highest BCUT2D eigenvalue weighted by Gasteiger charge is 2.46. The van der Waals surface area contributed by atoms with E-state index < -0.39 is 29.5 Å². The van der Waals surface area contributed by atoms with Crippen LogP contribution in [0.3, 0.4) is 0 Å². The van der Waals surface area contributed by atoms with Crippen molar-refractivity contribution in [1.29, 1.82) is 0 Å². The Bertz CT molecular complexity index is 1450. The zero-order valence-corrected chi connectivity index (χ0v) is 23.8. The lowest BCUT2D eigenvalue weighted by molar-refractivity contribution is -0.117. The molecule has 0 saturated heterocycles. The van der Waals surface area contributed by atoms with Gasteiger partial charge in [-0.15, -0.1) is 11.3 Å². The number of Topliss-reactive ketones (excluding diaryl/α,β-unsaturated/α-hetero) is 1. The second-order valence-corrected chi connectivity index (χ2v) is 11.1. The normalized spacial score (nSPS) is 15.1. The van der Waals surface area contributed by atoms with Crippen molar-refractivity contribution in [2.75, 3.05) is 18.1 Å². The summed E-state index contributed by atoms with van der Waals surface area (Å²) in [6.45, 7) is 11.3. The van der Waals surface area contributed by atoms with Crippen LogP contribution < -0.4 is 9.64 Å². The first-order chi connectivity index (χ1) is 18.7. The minimum atomic E-state index is -0.987. The molecule has 0 fully saturated rings. The number of aliphatic hydroxyl groups is 1. The van der Waals surface area contributed by atoms with Crippen LogP contribution in [0.25, 0.3) is 0 Å². The van der Waals surface area contributed by atoms with E-state index in [0.29, 0.717) is 39.2 Å². The Morgan fingerprint density at radius 3 is 2.41 bits per heavy atom. The van der Waals surface area contributed by atoms with Gasteiger partial charge in [0.15, 0.2) is 10.9 Å². The molecule has 1 amide bonds. The summed E-state index contributed by atoms with van der Waals surface area (Å²) in [5.74, 6) is -1.89. The van der Waals surface area contributed by atoms with E-state index in [0.717, 1.165) is 24.2 Å². The lowest BCUT2D eigenvalue weighted by atomic mass is 9.95. The largest absolute Gasteiger partial charge is 0.503 e. The Kier molecular flexibility index (Phi) is 8.61. The van der Waals surface area contributed by atoms with Crippen molar-refractivity contribution in [2.45, 2.75) is 46.6 Å². The lowest BCUT2D eigenvalue weighted by Crippen LogP contribution is -2.31. The standard InChI is InChI=1S/C28H29N3O6S2/c1-6-8-14-36-19-11-9-18(10-12-19)21-20(22(32)24-15(3)29-17(5)38-24)23(33)26(34)31(21)28-30-16(4)25(39-28)27(35)37-13-7-2/h7,9-12,21,33H,2,6,8,13-14H2,1,3-5H3. The van der Waals surface area contributed by atoms with Crippen LogP contribution in [0.1, 0.15) is 67.1 Å². The van der Waals surface area contributed by atoms with Gasteiger partial charge in [0.1, 0.15) is 17.2 Å². The van der Waals surface area contributed by atoms with E-state index in [4.69, 9.17) is 9.47 Å². The highest BCUT2D eigenvalue weighted by atomic mass is 32.1. The molecule has 3 aromatic rings. The summed E-state index contributed by atoms with van der Waals surface area (Å²) < 4.78 is 10.9. The van der Waals surface area contributed by atoms with Crippen LogP contribution in [0, 0.1) is 20.8 Å². The van der Waals surface area contributed by atoms with Gasteiger partial charge in [-0.25, -0.2) is 14.8 Å². The number of ketones is 1. The summed E-state index contributed by atoms with van der Waals surface area (Å²) in [6.07, 6.45) is 3.36. The molecule has 1 unspecified atom stereocenters. The SMILES string of the molecule is C=CCOC(=O)c1sc(N2C(=O)C(O)=C(C(=O)c3sc(C)nc3C)C2c2ccc(OCCCC)cc2)nc1C. The van der Waals surface area contributed by atoms with Gasteiger partial charge in [0, 0.05) is 0 Å². The number of aryl methyl sites for hydroxylation is 3. The van der Waals surface area contributed by atoms with Crippen molar-refractivity contribution >= 4 is 45.5 Å². The average molecular weight is 568 g/mol. The van der Waals surface area contributed by atoms with Crippen molar-refractivity contribution in [3.63, 3.8) is 0 Å². The molecule has 39 heavy (non-hydrogen) atoms. The van der Waals surface area contributed by atoms with Crippen molar-refractivity contribution in [2.24, 2.45) is 0 Å².